The van der Waals surface area contributed by atoms with Crippen molar-refractivity contribution in [3.63, 3.8) is 0 Å². The highest BCUT2D eigenvalue weighted by atomic mass is 15.2. The Morgan fingerprint density at radius 3 is 2.64 bits per heavy atom. The number of hydrogen-bond acceptors (Lipinski definition) is 6. The van der Waals surface area contributed by atoms with Gasteiger partial charge in [0, 0.05) is 85.3 Å². The first-order valence-corrected chi connectivity index (χ1v) is 14.9. The van der Waals surface area contributed by atoms with Crippen molar-refractivity contribution >= 4 is 33.9 Å². The first kappa shape index (κ1) is 27.8. The molecule has 3 N–H and O–H groups in total. The molecule has 5 aromatic rings. The van der Waals surface area contributed by atoms with Gasteiger partial charge in [-0.2, -0.15) is 0 Å². The molecule has 0 bridgehead atoms. The molecule has 3 aromatic heterocycles. The van der Waals surface area contributed by atoms with Gasteiger partial charge in [-0.15, -0.1) is 0 Å². The molecule has 1 aliphatic rings. The number of aryl methyl sites for hydroxylation is 3. The second-order valence-electron chi connectivity index (χ2n) is 12.1. The molecule has 6 rings (SSSR count). The number of hydrogen-bond donors (Lipinski definition) is 2. The van der Waals surface area contributed by atoms with E-state index in [1.807, 2.05) is 12.3 Å². The van der Waals surface area contributed by atoms with Crippen LogP contribution in [0.15, 0.2) is 61.2 Å². The van der Waals surface area contributed by atoms with Gasteiger partial charge < -0.3 is 30.0 Å². The van der Waals surface area contributed by atoms with E-state index >= 15 is 0 Å². The molecule has 4 heterocycles. The molecular weight excluding hydrogens is 520 g/mol. The van der Waals surface area contributed by atoms with E-state index in [0.717, 1.165) is 77.5 Å². The Morgan fingerprint density at radius 1 is 1.05 bits per heavy atom. The molecule has 218 valence electrons. The predicted molar refractivity (Wildman–Crippen MR) is 176 cm³/mol. The summed E-state index contributed by atoms with van der Waals surface area (Å²) in [7, 11) is 6.25. The summed E-state index contributed by atoms with van der Waals surface area (Å²) < 4.78 is 4.63. The normalized spacial score (nSPS) is 13.0. The SMILES string of the molecule is Cc1cc(N(C)CCN(C)C)c(N)cc1Nc1ncc(-c2ccn(C(C)C)c2)c(-c2cn3c4c(cccc24)CCC3)n1. The van der Waals surface area contributed by atoms with Crippen molar-refractivity contribution in [1.29, 1.82) is 0 Å². The van der Waals surface area contributed by atoms with E-state index in [0.29, 0.717) is 12.0 Å². The van der Waals surface area contributed by atoms with Crippen molar-refractivity contribution in [2.75, 3.05) is 50.2 Å². The quantitative estimate of drug-likeness (QED) is 0.194. The number of para-hydroxylation sites is 1. The van der Waals surface area contributed by atoms with Crippen molar-refractivity contribution in [2.45, 2.75) is 46.2 Å². The maximum atomic E-state index is 6.56. The van der Waals surface area contributed by atoms with Gasteiger partial charge in [0.05, 0.1) is 22.6 Å². The zero-order valence-electron chi connectivity index (χ0n) is 25.6. The maximum Gasteiger partial charge on any atom is 0.227 e. The van der Waals surface area contributed by atoms with Crippen LogP contribution in [-0.2, 0) is 13.0 Å². The predicted octanol–water partition coefficient (Wildman–Crippen LogP) is 6.73. The van der Waals surface area contributed by atoms with E-state index in [2.05, 4.69) is 115 Å². The summed E-state index contributed by atoms with van der Waals surface area (Å²) in [5.74, 6) is 0.556. The Balaban J connectivity index is 1.42. The van der Waals surface area contributed by atoms with Crippen LogP contribution >= 0.6 is 0 Å². The van der Waals surface area contributed by atoms with Crippen LogP contribution in [0.25, 0.3) is 33.3 Å². The first-order chi connectivity index (χ1) is 20.2. The van der Waals surface area contributed by atoms with Crippen LogP contribution in [0.3, 0.4) is 0 Å². The molecule has 0 radical (unpaired) electrons. The largest absolute Gasteiger partial charge is 0.397 e. The lowest BCUT2D eigenvalue weighted by molar-refractivity contribution is 0.416. The molecule has 0 saturated carbocycles. The lowest BCUT2D eigenvalue weighted by Gasteiger charge is -2.24. The molecule has 0 atom stereocenters. The van der Waals surface area contributed by atoms with Gasteiger partial charge in [-0.3, -0.25) is 0 Å². The zero-order chi connectivity index (χ0) is 29.5. The smallest absolute Gasteiger partial charge is 0.227 e. The van der Waals surface area contributed by atoms with Crippen molar-refractivity contribution in [3.8, 4) is 22.4 Å². The molecule has 0 amide bonds. The summed E-state index contributed by atoms with van der Waals surface area (Å²) in [6, 6.07) is 13.3. The van der Waals surface area contributed by atoms with Crippen LogP contribution in [0.4, 0.5) is 23.0 Å². The molecule has 0 saturated heterocycles. The van der Waals surface area contributed by atoms with Gasteiger partial charge in [-0.05, 0) is 77.0 Å². The van der Waals surface area contributed by atoms with Gasteiger partial charge in [-0.25, -0.2) is 9.97 Å². The fraction of sp³-hybridized carbons (Fsp3) is 0.353. The Hall–Kier alpha value is -4.30. The lowest BCUT2D eigenvalue weighted by atomic mass is 9.99. The van der Waals surface area contributed by atoms with E-state index in [4.69, 9.17) is 15.7 Å². The summed E-state index contributed by atoms with van der Waals surface area (Å²) in [5, 5.41) is 4.74. The van der Waals surface area contributed by atoms with Gasteiger partial charge in [0.15, 0.2) is 0 Å². The summed E-state index contributed by atoms with van der Waals surface area (Å²) in [6.07, 6.45) is 10.8. The number of anilines is 4. The van der Waals surface area contributed by atoms with Crippen molar-refractivity contribution in [1.82, 2.24) is 24.0 Å². The average Bonchev–Trinajstić information content (AvgIpc) is 3.61. The Kier molecular flexibility index (Phi) is 7.41. The molecule has 8 nitrogen and oxygen atoms in total. The molecule has 2 aromatic carbocycles. The third kappa shape index (κ3) is 5.23. The highest BCUT2D eigenvalue weighted by molar-refractivity contribution is 6.00. The molecule has 1 aliphatic heterocycles. The Bertz CT molecular complexity index is 1740. The zero-order valence-corrected chi connectivity index (χ0v) is 25.6. The van der Waals surface area contributed by atoms with Gasteiger partial charge >= 0.3 is 0 Å². The second-order valence-corrected chi connectivity index (χ2v) is 12.1. The summed E-state index contributed by atoms with van der Waals surface area (Å²) in [5.41, 5.74) is 17.3. The molecule has 0 unspecified atom stereocenters. The number of likely N-dealkylation sites (N-methyl/N-ethyl adjacent to an activating group) is 2. The van der Waals surface area contributed by atoms with Gasteiger partial charge in [0.1, 0.15) is 0 Å². The minimum atomic E-state index is 0.376. The van der Waals surface area contributed by atoms with Gasteiger partial charge in [0.2, 0.25) is 5.95 Å². The van der Waals surface area contributed by atoms with Crippen LogP contribution in [0.1, 0.15) is 37.4 Å². The molecular formula is C34H42N8. The van der Waals surface area contributed by atoms with E-state index < -0.39 is 0 Å². The van der Waals surface area contributed by atoms with Gasteiger partial charge in [0.25, 0.3) is 0 Å². The van der Waals surface area contributed by atoms with Crippen LogP contribution in [0.5, 0.6) is 0 Å². The van der Waals surface area contributed by atoms with E-state index in [9.17, 15) is 0 Å². The lowest BCUT2D eigenvalue weighted by Crippen LogP contribution is -2.29. The number of aromatic nitrogens is 4. The van der Waals surface area contributed by atoms with E-state index in [-0.39, 0.29) is 0 Å². The fourth-order valence-corrected chi connectivity index (χ4v) is 5.96. The van der Waals surface area contributed by atoms with Crippen LogP contribution in [-0.4, -0.2) is 58.2 Å². The molecule has 0 aliphatic carbocycles. The Morgan fingerprint density at radius 2 is 1.88 bits per heavy atom. The summed E-state index contributed by atoms with van der Waals surface area (Å²) in [4.78, 5) is 14.4. The monoisotopic (exact) mass is 562 g/mol. The molecule has 0 spiro atoms. The van der Waals surface area contributed by atoms with Crippen molar-refractivity contribution in [3.05, 3.63) is 72.3 Å². The minimum absolute atomic E-state index is 0.376. The minimum Gasteiger partial charge on any atom is -0.397 e. The average molecular weight is 563 g/mol. The molecule has 42 heavy (non-hydrogen) atoms. The third-order valence-corrected chi connectivity index (χ3v) is 8.41. The van der Waals surface area contributed by atoms with Crippen LogP contribution < -0.4 is 16.0 Å². The number of nitrogen functional groups attached to an aromatic ring is 1. The number of nitrogens with two attached hydrogens (primary N) is 1. The number of nitrogens with zero attached hydrogens (tertiary/aromatic N) is 6. The van der Waals surface area contributed by atoms with Crippen molar-refractivity contribution in [2.24, 2.45) is 0 Å². The fourth-order valence-electron chi connectivity index (χ4n) is 5.96. The highest BCUT2D eigenvalue weighted by Crippen LogP contribution is 2.40. The topological polar surface area (TPSA) is 80.2 Å². The van der Waals surface area contributed by atoms with Crippen LogP contribution in [0, 0.1) is 6.92 Å². The summed E-state index contributed by atoms with van der Waals surface area (Å²) >= 11 is 0. The maximum absolute atomic E-state index is 6.56. The Labute approximate surface area is 248 Å². The molecule has 0 fully saturated rings. The second kappa shape index (κ2) is 11.2. The number of nitrogens with one attached hydrogen (secondary N) is 1. The summed E-state index contributed by atoms with van der Waals surface area (Å²) in [6.45, 7) is 9.36. The highest BCUT2D eigenvalue weighted by Gasteiger charge is 2.22. The van der Waals surface area contributed by atoms with E-state index in [1.165, 1.54) is 16.5 Å². The number of rotatable bonds is 9. The first-order valence-electron chi connectivity index (χ1n) is 14.9. The van der Waals surface area contributed by atoms with Crippen LogP contribution in [0.2, 0.25) is 0 Å². The standard InChI is InChI=1S/C34H42N8/c1-22(2)41-14-12-25(20-41)27-19-36-34(37-30-18-29(35)31(17-23(30)3)40(6)16-15-39(4)5)38-32(27)28-21-42-13-8-10-24-9-7-11-26(28)33(24)42/h7,9,11-12,14,17-22H,8,10,13,15-16,35H2,1-6H3,(H,36,37,38). The third-order valence-electron chi connectivity index (χ3n) is 8.41. The van der Waals surface area contributed by atoms with E-state index in [1.54, 1.807) is 0 Å². The molecule has 8 heteroatoms. The number of benzene rings is 2. The van der Waals surface area contributed by atoms with Gasteiger partial charge in [-0.1, -0.05) is 18.2 Å². The van der Waals surface area contributed by atoms with Crippen molar-refractivity contribution < 1.29 is 0 Å².